The summed E-state index contributed by atoms with van der Waals surface area (Å²) in [6.45, 7) is 6.62. The average molecular weight is 266 g/mol. The van der Waals surface area contributed by atoms with Gasteiger partial charge in [0, 0.05) is 6.54 Å². The zero-order valence-electron chi connectivity index (χ0n) is 10.5. The molecule has 2 unspecified atom stereocenters. The summed E-state index contributed by atoms with van der Waals surface area (Å²) >= 11 is 5.55. The molecule has 100 valence electrons. The molecule has 1 rings (SSSR count). The lowest BCUT2D eigenvalue weighted by molar-refractivity contribution is -0.0832. The Morgan fingerprint density at radius 3 is 2.82 bits per heavy atom. The lowest BCUT2D eigenvalue weighted by atomic mass is 10.2. The first-order chi connectivity index (χ1) is 7.83. The van der Waals surface area contributed by atoms with Crippen LogP contribution in [-0.2, 0) is 9.47 Å². The highest BCUT2D eigenvalue weighted by Crippen LogP contribution is 2.15. The number of aliphatic hydroxyl groups excluding tert-OH is 1. The van der Waals surface area contributed by atoms with E-state index in [1.165, 1.54) is 4.90 Å². The molecule has 1 amide bonds. The predicted molar refractivity (Wildman–Crippen MR) is 64.3 cm³/mol. The Hall–Kier alpha value is -0.520. The maximum absolute atomic E-state index is 11.8. The van der Waals surface area contributed by atoms with E-state index in [1.807, 2.05) is 20.8 Å². The summed E-state index contributed by atoms with van der Waals surface area (Å²) in [6, 6.07) is 0. The number of nitrogens with zero attached hydrogens (tertiary/aromatic N) is 1. The standard InChI is InChI=1S/C11H20ClNO4/c1-11(2,3)17-10(15)13-4-5-16-9(7-13)8(14)6-12/h8-9,14H,4-7H2,1-3H3. The SMILES string of the molecule is CC(C)(C)OC(=O)N1CCOC(C(O)CCl)C1. The second-order valence-corrected chi connectivity index (χ2v) is 5.37. The van der Waals surface area contributed by atoms with Gasteiger partial charge in [-0.05, 0) is 20.8 Å². The number of amides is 1. The van der Waals surface area contributed by atoms with Crippen LogP contribution in [0.25, 0.3) is 0 Å². The normalized spacial score (nSPS) is 23.4. The molecule has 1 N–H and O–H groups in total. The van der Waals surface area contributed by atoms with Crippen LogP contribution in [0, 0.1) is 0 Å². The van der Waals surface area contributed by atoms with E-state index in [0.717, 1.165) is 0 Å². The second-order valence-electron chi connectivity index (χ2n) is 5.06. The minimum Gasteiger partial charge on any atom is -0.444 e. The summed E-state index contributed by atoms with van der Waals surface area (Å²) in [5.74, 6) is 0.0901. The fourth-order valence-corrected chi connectivity index (χ4v) is 1.70. The number of aliphatic hydroxyl groups is 1. The van der Waals surface area contributed by atoms with Crippen molar-refractivity contribution in [2.24, 2.45) is 0 Å². The van der Waals surface area contributed by atoms with Gasteiger partial charge in [-0.3, -0.25) is 0 Å². The molecule has 0 saturated carbocycles. The van der Waals surface area contributed by atoms with E-state index in [1.54, 1.807) is 0 Å². The number of carbonyl (C=O) groups excluding carboxylic acids is 1. The Morgan fingerprint density at radius 1 is 1.65 bits per heavy atom. The molecule has 1 aliphatic rings. The Kier molecular flexibility index (Phi) is 5.04. The number of hydrogen-bond donors (Lipinski definition) is 1. The first kappa shape index (κ1) is 14.5. The Labute approximate surface area is 107 Å². The van der Waals surface area contributed by atoms with Crippen molar-refractivity contribution >= 4 is 17.7 Å². The van der Waals surface area contributed by atoms with Crippen LogP contribution in [0.4, 0.5) is 4.79 Å². The third-order valence-electron chi connectivity index (χ3n) is 2.33. The monoisotopic (exact) mass is 265 g/mol. The van der Waals surface area contributed by atoms with Gasteiger partial charge in [0.05, 0.1) is 25.1 Å². The van der Waals surface area contributed by atoms with Crippen molar-refractivity contribution in [2.45, 2.75) is 38.6 Å². The predicted octanol–water partition coefficient (Wildman–Crippen LogP) is 1.22. The van der Waals surface area contributed by atoms with E-state index in [2.05, 4.69) is 0 Å². The van der Waals surface area contributed by atoms with Crippen molar-refractivity contribution in [3.63, 3.8) is 0 Å². The molecule has 17 heavy (non-hydrogen) atoms. The van der Waals surface area contributed by atoms with Crippen molar-refractivity contribution in [2.75, 3.05) is 25.6 Å². The number of carbonyl (C=O) groups is 1. The van der Waals surface area contributed by atoms with E-state index in [0.29, 0.717) is 19.7 Å². The molecule has 5 nitrogen and oxygen atoms in total. The van der Waals surface area contributed by atoms with Crippen molar-refractivity contribution in [3.8, 4) is 0 Å². The smallest absolute Gasteiger partial charge is 0.410 e. The van der Waals surface area contributed by atoms with Gasteiger partial charge in [0.25, 0.3) is 0 Å². The molecular formula is C11H20ClNO4. The molecule has 0 aromatic heterocycles. The fraction of sp³-hybridized carbons (Fsp3) is 0.909. The Morgan fingerprint density at radius 2 is 2.29 bits per heavy atom. The van der Waals surface area contributed by atoms with Crippen LogP contribution in [0.2, 0.25) is 0 Å². The van der Waals surface area contributed by atoms with Crippen LogP contribution in [0.1, 0.15) is 20.8 Å². The van der Waals surface area contributed by atoms with Gasteiger partial charge in [-0.25, -0.2) is 4.79 Å². The van der Waals surface area contributed by atoms with Gasteiger partial charge in [-0.1, -0.05) is 0 Å². The third-order valence-corrected chi connectivity index (χ3v) is 2.65. The average Bonchev–Trinajstić information content (AvgIpc) is 2.26. The Balaban J connectivity index is 2.52. The number of hydrogen-bond acceptors (Lipinski definition) is 4. The van der Waals surface area contributed by atoms with Crippen molar-refractivity contribution in [1.29, 1.82) is 0 Å². The van der Waals surface area contributed by atoms with Crippen LogP contribution in [0.3, 0.4) is 0 Å². The number of rotatable bonds is 2. The van der Waals surface area contributed by atoms with Crippen molar-refractivity contribution < 1.29 is 19.4 Å². The molecule has 1 aliphatic heterocycles. The van der Waals surface area contributed by atoms with E-state index < -0.39 is 17.8 Å². The highest BCUT2D eigenvalue weighted by Gasteiger charge is 2.31. The van der Waals surface area contributed by atoms with Gasteiger partial charge in [0.1, 0.15) is 11.7 Å². The van der Waals surface area contributed by atoms with E-state index >= 15 is 0 Å². The number of ether oxygens (including phenoxy) is 2. The summed E-state index contributed by atoms with van der Waals surface area (Å²) < 4.78 is 10.6. The van der Waals surface area contributed by atoms with Crippen LogP contribution in [-0.4, -0.2) is 59.5 Å². The number of halogens is 1. The molecule has 0 aromatic carbocycles. The summed E-state index contributed by atoms with van der Waals surface area (Å²) in [6.07, 6.45) is -1.58. The summed E-state index contributed by atoms with van der Waals surface area (Å²) in [5.41, 5.74) is -0.518. The highest BCUT2D eigenvalue weighted by atomic mass is 35.5. The zero-order chi connectivity index (χ0) is 13.1. The molecular weight excluding hydrogens is 246 g/mol. The molecule has 2 atom stereocenters. The van der Waals surface area contributed by atoms with Gasteiger partial charge >= 0.3 is 6.09 Å². The molecule has 0 aliphatic carbocycles. The van der Waals surface area contributed by atoms with Gasteiger partial charge in [-0.2, -0.15) is 0 Å². The molecule has 6 heteroatoms. The van der Waals surface area contributed by atoms with E-state index in [9.17, 15) is 9.90 Å². The van der Waals surface area contributed by atoms with Gasteiger partial charge in [-0.15, -0.1) is 11.6 Å². The second kappa shape index (κ2) is 5.89. The van der Waals surface area contributed by atoms with Crippen LogP contribution in [0.5, 0.6) is 0 Å². The van der Waals surface area contributed by atoms with E-state index in [-0.39, 0.29) is 12.0 Å². The largest absolute Gasteiger partial charge is 0.444 e. The lowest BCUT2D eigenvalue weighted by Gasteiger charge is -2.35. The van der Waals surface area contributed by atoms with Gasteiger partial charge in [0.2, 0.25) is 0 Å². The summed E-state index contributed by atoms with van der Waals surface area (Å²) in [5, 5.41) is 9.58. The van der Waals surface area contributed by atoms with Crippen molar-refractivity contribution in [3.05, 3.63) is 0 Å². The minimum absolute atomic E-state index is 0.0901. The molecule has 1 heterocycles. The van der Waals surface area contributed by atoms with Gasteiger partial charge in [0.15, 0.2) is 0 Å². The maximum atomic E-state index is 11.8. The molecule has 0 aromatic rings. The molecule has 0 bridgehead atoms. The lowest BCUT2D eigenvalue weighted by Crippen LogP contribution is -2.51. The van der Waals surface area contributed by atoms with E-state index in [4.69, 9.17) is 21.1 Å². The Bertz CT molecular complexity index is 267. The van der Waals surface area contributed by atoms with Crippen molar-refractivity contribution in [1.82, 2.24) is 4.90 Å². The minimum atomic E-state index is -0.762. The molecule has 1 fully saturated rings. The first-order valence-electron chi connectivity index (χ1n) is 5.67. The first-order valence-corrected chi connectivity index (χ1v) is 6.20. The van der Waals surface area contributed by atoms with Crippen LogP contribution in [0.15, 0.2) is 0 Å². The van der Waals surface area contributed by atoms with Crippen LogP contribution >= 0.6 is 11.6 Å². The summed E-state index contributed by atoms with van der Waals surface area (Å²) in [4.78, 5) is 13.3. The van der Waals surface area contributed by atoms with Crippen LogP contribution < -0.4 is 0 Å². The molecule has 0 radical (unpaired) electrons. The van der Waals surface area contributed by atoms with Gasteiger partial charge < -0.3 is 19.5 Å². The number of morpholine rings is 1. The maximum Gasteiger partial charge on any atom is 0.410 e. The zero-order valence-corrected chi connectivity index (χ0v) is 11.2. The topological polar surface area (TPSA) is 59.0 Å². The molecule has 0 spiro atoms. The third kappa shape index (κ3) is 4.69. The quantitative estimate of drug-likeness (QED) is 0.763. The molecule has 1 saturated heterocycles. The highest BCUT2D eigenvalue weighted by molar-refractivity contribution is 6.18. The number of alkyl halides is 1. The fourth-order valence-electron chi connectivity index (χ4n) is 1.50. The summed E-state index contributed by atoms with van der Waals surface area (Å²) in [7, 11) is 0.